The molecule has 0 saturated heterocycles. The SMILES string of the molecule is COC(=O)CC=Cc1cc(CO)ccc1F. The predicted octanol–water partition coefficient (Wildman–Crippen LogP) is 1.89. The molecule has 0 aliphatic carbocycles. The van der Waals surface area contributed by atoms with Crippen LogP contribution >= 0.6 is 0 Å². The molecule has 0 amide bonds. The minimum atomic E-state index is -0.390. The smallest absolute Gasteiger partial charge is 0.309 e. The van der Waals surface area contributed by atoms with Gasteiger partial charge in [-0.05, 0) is 17.7 Å². The molecule has 0 spiro atoms. The van der Waals surface area contributed by atoms with Crippen LogP contribution in [0, 0.1) is 5.82 Å². The number of ether oxygens (including phenoxy) is 1. The van der Waals surface area contributed by atoms with Crippen LogP contribution in [0.2, 0.25) is 0 Å². The summed E-state index contributed by atoms with van der Waals surface area (Å²) in [5, 5.41) is 8.88. The second kappa shape index (κ2) is 6.02. The molecule has 1 rings (SSSR count). The molecule has 16 heavy (non-hydrogen) atoms. The molecule has 1 aromatic rings. The van der Waals surface area contributed by atoms with E-state index in [1.54, 1.807) is 0 Å². The lowest BCUT2D eigenvalue weighted by Gasteiger charge is -2.00. The predicted molar refractivity (Wildman–Crippen MR) is 58.0 cm³/mol. The van der Waals surface area contributed by atoms with E-state index in [4.69, 9.17) is 5.11 Å². The maximum atomic E-state index is 13.3. The van der Waals surface area contributed by atoms with Crippen LogP contribution < -0.4 is 0 Å². The molecule has 0 aromatic heterocycles. The van der Waals surface area contributed by atoms with E-state index in [1.807, 2.05) is 0 Å². The van der Waals surface area contributed by atoms with E-state index in [-0.39, 0.29) is 19.0 Å². The second-order valence-corrected chi connectivity index (χ2v) is 3.20. The van der Waals surface area contributed by atoms with Gasteiger partial charge >= 0.3 is 5.97 Å². The normalized spacial score (nSPS) is 10.7. The zero-order valence-electron chi connectivity index (χ0n) is 8.94. The number of carbonyl (C=O) groups is 1. The maximum absolute atomic E-state index is 13.3. The third-order valence-electron chi connectivity index (χ3n) is 2.05. The fourth-order valence-electron chi connectivity index (χ4n) is 1.18. The Labute approximate surface area is 93.2 Å². The summed E-state index contributed by atoms with van der Waals surface area (Å²) < 4.78 is 17.7. The van der Waals surface area contributed by atoms with E-state index in [0.717, 1.165) is 0 Å². The van der Waals surface area contributed by atoms with Gasteiger partial charge in [0.2, 0.25) is 0 Å². The lowest BCUT2D eigenvalue weighted by atomic mass is 10.1. The molecule has 86 valence electrons. The van der Waals surface area contributed by atoms with Crippen molar-refractivity contribution in [2.45, 2.75) is 13.0 Å². The summed E-state index contributed by atoms with van der Waals surface area (Å²) in [5.41, 5.74) is 0.967. The number of aliphatic hydroxyl groups is 1. The third-order valence-corrected chi connectivity index (χ3v) is 2.05. The molecule has 1 N–H and O–H groups in total. The number of esters is 1. The Hall–Kier alpha value is -1.68. The highest BCUT2D eigenvalue weighted by Crippen LogP contribution is 2.12. The van der Waals surface area contributed by atoms with Crippen LogP contribution in [-0.2, 0) is 16.1 Å². The minimum Gasteiger partial charge on any atom is -0.469 e. The lowest BCUT2D eigenvalue weighted by Crippen LogP contribution is -1.96. The maximum Gasteiger partial charge on any atom is 0.309 e. The average molecular weight is 224 g/mol. The van der Waals surface area contributed by atoms with Gasteiger partial charge in [-0.1, -0.05) is 18.2 Å². The number of hydrogen-bond donors (Lipinski definition) is 1. The summed E-state index contributed by atoms with van der Waals surface area (Å²) in [6, 6.07) is 4.32. The van der Waals surface area contributed by atoms with Gasteiger partial charge in [0.1, 0.15) is 5.82 Å². The lowest BCUT2D eigenvalue weighted by molar-refractivity contribution is -0.139. The van der Waals surface area contributed by atoms with Crippen LogP contribution in [0.3, 0.4) is 0 Å². The number of benzene rings is 1. The third kappa shape index (κ3) is 3.47. The number of methoxy groups -OCH3 is 1. The fourth-order valence-corrected chi connectivity index (χ4v) is 1.18. The van der Waals surface area contributed by atoms with E-state index in [2.05, 4.69) is 4.74 Å². The average Bonchev–Trinajstić information content (AvgIpc) is 2.31. The zero-order chi connectivity index (χ0) is 12.0. The van der Waals surface area contributed by atoms with Gasteiger partial charge in [0, 0.05) is 5.56 Å². The summed E-state index contributed by atoms with van der Waals surface area (Å²) in [7, 11) is 1.29. The first-order valence-electron chi connectivity index (χ1n) is 4.80. The minimum absolute atomic E-state index is 0.0965. The van der Waals surface area contributed by atoms with Gasteiger partial charge in [-0.2, -0.15) is 0 Å². The Morgan fingerprint density at radius 1 is 1.56 bits per heavy atom. The van der Waals surface area contributed by atoms with Gasteiger partial charge in [-0.15, -0.1) is 0 Å². The highest BCUT2D eigenvalue weighted by Gasteiger charge is 2.00. The molecule has 0 atom stereocenters. The van der Waals surface area contributed by atoms with Crippen LogP contribution in [0.1, 0.15) is 17.5 Å². The summed E-state index contributed by atoms with van der Waals surface area (Å²) in [6.45, 7) is -0.141. The standard InChI is InChI=1S/C12H13FO3/c1-16-12(15)4-2-3-10-7-9(8-14)5-6-11(10)13/h2-3,5-7,14H,4,8H2,1H3. The summed E-state index contributed by atoms with van der Waals surface area (Å²) in [4.78, 5) is 10.8. The summed E-state index contributed by atoms with van der Waals surface area (Å²) in [6.07, 6.45) is 3.11. The second-order valence-electron chi connectivity index (χ2n) is 3.20. The van der Waals surface area contributed by atoms with E-state index in [0.29, 0.717) is 11.1 Å². The van der Waals surface area contributed by atoms with Crippen LogP contribution in [0.25, 0.3) is 6.08 Å². The molecule has 0 saturated carbocycles. The molecular weight excluding hydrogens is 211 g/mol. The molecule has 0 radical (unpaired) electrons. The number of carbonyl (C=O) groups excluding carboxylic acids is 1. The van der Waals surface area contributed by atoms with Gasteiger partial charge in [0.15, 0.2) is 0 Å². The topological polar surface area (TPSA) is 46.5 Å². The summed E-state index contributed by atoms with van der Waals surface area (Å²) >= 11 is 0. The zero-order valence-corrected chi connectivity index (χ0v) is 8.94. The van der Waals surface area contributed by atoms with Crippen molar-refractivity contribution in [1.82, 2.24) is 0 Å². The largest absolute Gasteiger partial charge is 0.469 e. The van der Waals surface area contributed by atoms with Crippen LogP contribution in [0.5, 0.6) is 0 Å². The molecular formula is C12H13FO3. The Balaban J connectivity index is 2.75. The number of aliphatic hydroxyl groups excluding tert-OH is 1. The monoisotopic (exact) mass is 224 g/mol. The highest BCUT2D eigenvalue weighted by atomic mass is 19.1. The first kappa shape index (κ1) is 12.4. The Morgan fingerprint density at radius 2 is 2.31 bits per heavy atom. The molecule has 0 bridgehead atoms. The molecule has 3 nitrogen and oxygen atoms in total. The van der Waals surface area contributed by atoms with Crippen molar-refractivity contribution >= 4 is 12.0 Å². The van der Waals surface area contributed by atoms with Crippen molar-refractivity contribution in [3.63, 3.8) is 0 Å². The van der Waals surface area contributed by atoms with Crippen molar-refractivity contribution in [3.05, 3.63) is 41.2 Å². The van der Waals surface area contributed by atoms with Gasteiger partial charge in [0.05, 0.1) is 20.1 Å². The molecule has 4 heteroatoms. The number of rotatable bonds is 4. The molecule has 0 fully saturated rings. The Bertz CT molecular complexity index is 399. The quantitative estimate of drug-likeness (QED) is 0.794. The Morgan fingerprint density at radius 3 is 2.94 bits per heavy atom. The van der Waals surface area contributed by atoms with Crippen LogP contribution in [0.15, 0.2) is 24.3 Å². The number of halogens is 1. The molecule has 1 aromatic carbocycles. The first-order valence-corrected chi connectivity index (χ1v) is 4.80. The van der Waals surface area contributed by atoms with E-state index in [9.17, 15) is 9.18 Å². The molecule has 0 unspecified atom stereocenters. The van der Waals surface area contributed by atoms with Gasteiger partial charge < -0.3 is 9.84 Å². The van der Waals surface area contributed by atoms with E-state index < -0.39 is 5.82 Å². The van der Waals surface area contributed by atoms with Crippen molar-refractivity contribution in [2.24, 2.45) is 0 Å². The van der Waals surface area contributed by atoms with Gasteiger partial charge in [-0.3, -0.25) is 4.79 Å². The van der Waals surface area contributed by atoms with E-state index >= 15 is 0 Å². The first-order chi connectivity index (χ1) is 7.67. The summed E-state index contributed by atoms with van der Waals surface area (Å²) in [5.74, 6) is -0.770. The molecule has 0 aliphatic heterocycles. The highest BCUT2D eigenvalue weighted by molar-refractivity contribution is 5.72. The Kier molecular flexibility index (Phi) is 4.66. The molecule has 0 aliphatic rings. The van der Waals surface area contributed by atoms with E-state index in [1.165, 1.54) is 37.5 Å². The molecule has 0 heterocycles. The van der Waals surface area contributed by atoms with Crippen LogP contribution in [0.4, 0.5) is 4.39 Å². The fraction of sp³-hybridized carbons (Fsp3) is 0.250. The van der Waals surface area contributed by atoms with Crippen molar-refractivity contribution in [3.8, 4) is 0 Å². The van der Waals surface area contributed by atoms with Gasteiger partial charge in [0.25, 0.3) is 0 Å². The van der Waals surface area contributed by atoms with Crippen molar-refractivity contribution in [2.75, 3.05) is 7.11 Å². The van der Waals surface area contributed by atoms with Crippen LogP contribution in [-0.4, -0.2) is 18.2 Å². The number of hydrogen-bond acceptors (Lipinski definition) is 3. The van der Waals surface area contributed by atoms with Crippen molar-refractivity contribution in [1.29, 1.82) is 0 Å². The van der Waals surface area contributed by atoms with Gasteiger partial charge in [-0.25, -0.2) is 4.39 Å². The van der Waals surface area contributed by atoms with Crippen molar-refractivity contribution < 1.29 is 19.0 Å².